The van der Waals surface area contributed by atoms with Crippen LogP contribution in [0.15, 0.2) is 57.3 Å². The van der Waals surface area contributed by atoms with Crippen molar-refractivity contribution in [2.75, 3.05) is 0 Å². The number of pyridine rings is 1. The SMILES string of the molecule is N#Cc1ccc(Sc2nc3ccccn3c(=O)c2[N+](=O)[O-])c(F)c1. The molecule has 0 amide bonds. The van der Waals surface area contributed by atoms with Gasteiger partial charge in [0.15, 0.2) is 5.03 Å². The second kappa shape index (κ2) is 6.10. The summed E-state index contributed by atoms with van der Waals surface area (Å²) in [5, 5.41) is 19.8. The number of hydrogen-bond donors (Lipinski definition) is 0. The molecule has 0 atom stereocenters. The Labute approximate surface area is 138 Å². The number of fused-ring (bicyclic) bond motifs is 1. The summed E-state index contributed by atoms with van der Waals surface area (Å²) in [5.41, 5.74) is -1.24. The maximum atomic E-state index is 14.0. The molecular formula is C15H7FN4O3S. The van der Waals surface area contributed by atoms with Crippen molar-refractivity contribution in [2.24, 2.45) is 0 Å². The highest BCUT2D eigenvalue weighted by atomic mass is 32.2. The third-order valence-corrected chi connectivity index (χ3v) is 4.16. The topological polar surface area (TPSA) is 101 Å². The first-order valence-corrected chi connectivity index (χ1v) is 7.36. The minimum Gasteiger partial charge on any atom is -0.262 e. The van der Waals surface area contributed by atoms with Gasteiger partial charge in [0.05, 0.1) is 16.6 Å². The molecule has 0 bridgehead atoms. The van der Waals surface area contributed by atoms with Crippen molar-refractivity contribution in [2.45, 2.75) is 9.92 Å². The molecule has 0 radical (unpaired) electrons. The molecule has 0 N–H and O–H groups in total. The average molecular weight is 342 g/mol. The molecule has 3 aromatic rings. The number of nitriles is 1. The fourth-order valence-electron chi connectivity index (χ4n) is 2.04. The van der Waals surface area contributed by atoms with Gasteiger partial charge in [0.25, 0.3) is 0 Å². The molecule has 3 rings (SSSR count). The van der Waals surface area contributed by atoms with Gasteiger partial charge in [-0.2, -0.15) is 5.26 Å². The molecule has 0 fully saturated rings. The zero-order valence-corrected chi connectivity index (χ0v) is 12.7. The van der Waals surface area contributed by atoms with Gasteiger partial charge >= 0.3 is 11.2 Å². The summed E-state index contributed by atoms with van der Waals surface area (Å²) < 4.78 is 15.1. The molecule has 0 aliphatic rings. The lowest BCUT2D eigenvalue weighted by atomic mass is 10.2. The molecule has 0 unspecified atom stereocenters. The van der Waals surface area contributed by atoms with Gasteiger partial charge in [-0.05, 0) is 30.3 Å². The van der Waals surface area contributed by atoms with Gasteiger partial charge in [-0.1, -0.05) is 17.8 Å². The zero-order valence-electron chi connectivity index (χ0n) is 11.8. The van der Waals surface area contributed by atoms with Crippen molar-refractivity contribution in [1.29, 1.82) is 5.26 Å². The van der Waals surface area contributed by atoms with Crippen LogP contribution in [0.5, 0.6) is 0 Å². The predicted molar refractivity (Wildman–Crippen MR) is 83.4 cm³/mol. The second-order valence-electron chi connectivity index (χ2n) is 4.62. The van der Waals surface area contributed by atoms with E-state index in [0.29, 0.717) is 11.8 Å². The Morgan fingerprint density at radius 3 is 2.79 bits per heavy atom. The van der Waals surface area contributed by atoms with Crippen LogP contribution in [0.3, 0.4) is 0 Å². The summed E-state index contributed by atoms with van der Waals surface area (Å²) in [7, 11) is 0. The zero-order chi connectivity index (χ0) is 17.3. The quantitative estimate of drug-likeness (QED) is 0.412. The van der Waals surface area contributed by atoms with Crippen LogP contribution < -0.4 is 5.56 Å². The highest BCUT2D eigenvalue weighted by Crippen LogP contribution is 2.33. The molecule has 2 aromatic heterocycles. The maximum Gasteiger partial charge on any atom is 0.366 e. The van der Waals surface area contributed by atoms with E-state index >= 15 is 0 Å². The molecule has 0 spiro atoms. The summed E-state index contributed by atoms with van der Waals surface area (Å²) in [5.74, 6) is -0.719. The summed E-state index contributed by atoms with van der Waals surface area (Å²) in [6, 6.07) is 10.2. The Morgan fingerprint density at radius 1 is 1.33 bits per heavy atom. The van der Waals surface area contributed by atoms with Crippen molar-refractivity contribution < 1.29 is 9.31 Å². The molecular weight excluding hydrogens is 335 g/mol. The number of benzene rings is 1. The largest absolute Gasteiger partial charge is 0.366 e. The Hall–Kier alpha value is -3.25. The monoisotopic (exact) mass is 342 g/mol. The van der Waals surface area contributed by atoms with Crippen LogP contribution in [0.2, 0.25) is 0 Å². The molecule has 118 valence electrons. The Balaban J connectivity index is 2.19. The van der Waals surface area contributed by atoms with E-state index in [0.717, 1.165) is 10.5 Å². The Morgan fingerprint density at radius 2 is 2.12 bits per heavy atom. The van der Waals surface area contributed by atoms with Crippen molar-refractivity contribution in [3.05, 3.63) is 74.4 Å². The lowest BCUT2D eigenvalue weighted by Gasteiger charge is -2.06. The van der Waals surface area contributed by atoms with Crippen molar-refractivity contribution >= 4 is 23.1 Å². The van der Waals surface area contributed by atoms with Gasteiger partial charge in [0.1, 0.15) is 11.5 Å². The van der Waals surface area contributed by atoms with Gasteiger partial charge in [-0.25, -0.2) is 9.37 Å². The fourth-order valence-corrected chi connectivity index (χ4v) is 2.94. The molecule has 7 nitrogen and oxygen atoms in total. The lowest BCUT2D eigenvalue weighted by Crippen LogP contribution is -2.19. The number of rotatable bonds is 3. The normalized spacial score (nSPS) is 10.5. The van der Waals surface area contributed by atoms with E-state index in [1.165, 1.54) is 24.4 Å². The minimum absolute atomic E-state index is 0.0317. The van der Waals surface area contributed by atoms with E-state index < -0.39 is 22.0 Å². The number of nitro groups is 1. The highest BCUT2D eigenvalue weighted by molar-refractivity contribution is 7.99. The maximum absolute atomic E-state index is 14.0. The summed E-state index contributed by atoms with van der Waals surface area (Å²) >= 11 is 0.667. The molecule has 1 aromatic carbocycles. The summed E-state index contributed by atoms with van der Waals surface area (Å²) in [4.78, 5) is 26.8. The molecule has 0 saturated heterocycles. The molecule has 2 heterocycles. The van der Waals surface area contributed by atoms with E-state index in [-0.39, 0.29) is 21.1 Å². The van der Waals surface area contributed by atoms with Crippen LogP contribution in [0.1, 0.15) is 5.56 Å². The number of halogens is 1. The van der Waals surface area contributed by atoms with Gasteiger partial charge in [0, 0.05) is 11.1 Å². The van der Waals surface area contributed by atoms with E-state index in [4.69, 9.17) is 5.26 Å². The van der Waals surface area contributed by atoms with Gasteiger partial charge < -0.3 is 0 Å². The summed E-state index contributed by atoms with van der Waals surface area (Å²) in [6.07, 6.45) is 1.37. The van der Waals surface area contributed by atoms with E-state index in [9.17, 15) is 19.3 Å². The van der Waals surface area contributed by atoms with Gasteiger partial charge in [-0.3, -0.25) is 19.3 Å². The molecule has 0 aliphatic heterocycles. The highest BCUT2D eigenvalue weighted by Gasteiger charge is 2.25. The van der Waals surface area contributed by atoms with Crippen LogP contribution in [0, 0.1) is 27.3 Å². The molecule has 24 heavy (non-hydrogen) atoms. The smallest absolute Gasteiger partial charge is 0.262 e. The Bertz CT molecular complexity index is 1070. The van der Waals surface area contributed by atoms with E-state index in [1.54, 1.807) is 18.2 Å². The molecule has 0 saturated carbocycles. The van der Waals surface area contributed by atoms with Crippen LogP contribution in [0.25, 0.3) is 5.65 Å². The van der Waals surface area contributed by atoms with Crippen LogP contribution in [-0.2, 0) is 0 Å². The number of nitrogens with zero attached hydrogens (tertiary/aromatic N) is 4. The first-order valence-electron chi connectivity index (χ1n) is 6.54. The van der Waals surface area contributed by atoms with E-state index in [1.807, 2.05) is 0 Å². The van der Waals surface area contributed by atoms with Gasteiger partial charge in [-0.15, -0.1) is 0 Å². The minimum atomic E-state index is -0.845. The summed E-state index contributed by atoms with van der Waals surface area (Å²) in [6.45, 7) is 0. The third kappa shape index (κ3) is 2.70. The van der Waals surface area contributed by atoms with E-state index in [2.05, 4.69) is 4.98 Å². The lowest BCUT2D eigenvalue weighted by molar-refractivity contribution is -0.389. The third-order valence-electron chi connectivity index (χ3n) is 3.13. The first kappa shape index (κ1) is 15.6. The standard InChI is InChI=1S/C15H7FN4O3S/c16-10-7-9(8-17)4-5-11(10)24-14-13(20(22)23)15(21)19-6-2-1-3-12(19)18-14/h1-7H. The Kier molecular flexibility index (Phi) is 3.97. The predicted octanol–water partition coefficient (Wildman–Crippen LogP) is 2.76. The van der Waals surface area contributed by atoms with Crippen molar-refractivity contribution in [1.82, 2.24) is 9.38 Å². The average Bonchev–Trinajstić information content (AvgIpc) is 2.56. The fraction of sp³-hybridized carbons (Fsp3) is 0. The van der Waals surface area contributed by atoms with Crippen LogP contribution in [0.4, 0.5) is 10.1 Å². The number of hydrogen-bond acceptors (Lipinski definition) is 6. The molecule has 0 aliphatic carbocycles. The first-order chi connectivity index (χ1) is 11.5. The molecule has 9 heteroatoms. The van der Waals surface area contributed by atoms with Crippen molar-refractivity contribution in [3.8, 4) is 6.07 Å². The number of aromatic nitrogens is 2. The van der Waals surface area contributed by atoms with Gasteiger partial charge in [0.2, 0.25) is 0 Å². The van der Waals surface area contributed by atoms with Crippen LogP contribution >= 0.6 is 11.8 Å². The van der Waals surface area contributed by atoms with Crippen molar-refractivity contribution in [3.63, 3.8) is 0 Å². The second-order valence-corrected chi connectivity index (χ2v) is 5.65. The van der Waals surface area contributed by atoms with Crippen LogP contribution in [-0.4, -0.2) is 14.3 Å².